The van der Waals surface area contributed by atoms with E-state index >= 15 is 0 Å². The highest BCUT2D eigenvalue weighted by atomic mass is 28.4. The molecule has 0 bridgehead atoms. The summed E-state index contributed by atoms with van der Waals surface area (Å²) in [5.41, 5.74) is -2.49. The average Bonchev–Trinajstić information content (AvgIpc) is 3.17. The smallest absolute Gasteiger partial charge is 0.336 e. The molecule has 0 amide bonds. The van der Waals surface area contributed by atoms with Gasteiger partial charge in [0.1, 0.15) is 5.60 Å². The van der Waals surface area contributed by atoms with Gasteiger partial charge in [-0.15, -0.1) is 0 Å². The van der Waals surface area contributed by atoms with Gasteiger partial charge in [0.2, 0.25) is 0 Å². The molecule has 0 aromatic heterocycles. The first kappa shape index (κ1) is 40.5. The largest absolute Gasteiger partial charge is 0.481 e. The maximum atomic E-state index is 11.4. The van der Waals surface area contributed by atoms with Crippen molar-refractivity contribution in [1.82, 2.24) is 19.6 Å². The van der Waals surface area contributed by atoms with Crippen molar-refractivity contribution >= 4 is 26.5 Å². The van der Waals surface area contributed by atoms with E-state index in [2.05, 4.69) is 33.1 Å². The van der Waals surface area contributed by atoms with E-state index in [0.717, 1.165) is 64.5 Å². The van der Waals surface area contributed by atoms with Gasteiger partial charge in [0, 0.05) is 45.8 Å². The third-order valence-electron chi connectivity index (χ3n) is 10.1. The Hall–Kier alpha value is -1.65. The lowest BCUT2D eigenvalue weighted by Crippen LogP contribution is -2.60. The van der Waals surface area contributed by atoms with Crippen LogP contribution in [0.1, 0.15) is 79.6 Å². The lowest BCUT2D eigenvalue weighted by atomic mass is 9.73. The molecule has 2 aliphatic heterocycles. The molecule has 0 aromatic carbocycles. The number of aliphatic carboxylic acids is 3. The van der Waals surface area contributed by atoms with Crippen molar-refractivity contribution < 1.29 is 43.7 Å². The van der Waals surface area contributed by atoms with Crippen molar-refractivity contribution in [2.75, 3.05) is 78.5 Å². The molecule has 3 unspecified atom stereocenters. The van der Waals surface area contributed by atoms with E-state index in [1.165, 1.54) is 0 Å². The van der Waals surface area contributed by atoms with Crippen molar-refractivity contribution in [3.63, 3.8) is 0 Å². The first-order valence-corrected chi connectivity index (χ1v) is 19.6. The first-order chi connectivity index (χ1) is 21.4. The lowest BCUT2D eigenvalue weighted by molar-refractivity contribution is -0.153. The van der Waals surface area contributed by atoms with Gasteiger partial charge in [0.05, 0.1) is 30.5 Å². The van der Waals surface area contributed by atoms with Crippen LogP contribution in [0.5, 0.6) is 0 Å². The fraction of sp³-hybridized carbons (Fsp3) is 0.906. The molecule has 13 nitrogen and oxygen atoms in total. The summed E-state index contributed by atoms with van der Waals surface area (Å²) in [6.45, 7) is 19.6. The Bertz CT molecular complexity index is 986. The molecule has 2 fully saturated rings. The predicted molar refractivity (Wildman–Crippen MR) is 178 cm³/mol. The summed E-state index contributed by atoms with van der Waals surface area (Å²) in [5.74, 6) is -2.51. The highest BCUT2D eigenvalue weighted by Gasteiger charge is 2.65. The fourth-order valence-electron chi connectivity index (χ4n) is 6.75. The van der Waals surface area contributed by atoms with Gasteiger partial charge in [-0.25, -0.2) is 0 Å². The monoisotopic (exact) mass is 674 g/mol. The molecule has 4 N–H and O–H groups in total. The molecule has 2 aliphatic rings. The summed E-state index contributed by atoms with van der Waals surface area (Å²) < 4.78 is 13.4. The van der Waals surface area contributed by atoms with Crippen LogP contribution in [0.25, 0.3) is 0 Å². The zero-order valence-electron chi connectivity index (χ0n) is 29.3. The van der Waals surface area contributed by atoms with Gasteiger partial charge in [0.25, 0.3) is 0 Å². The molecule has 0 aliphatic carbocycles. The fourth-order valence-corrected chi connectivity index (χ4v) is 10.4. The Labute approximate surface area is 277 Å². The van der Waals surface area contributed by atoms with E-state index in [1.807, 2.05) is 13.8 Å². The van der Waals surface area contributed by atoms with E-state index < -0.39 is 43.3 Å². The minimum atomic E-state index is -2.60. The third kappa shape index (κ3) is 12.8. The summed E-state index contributed by atoms with van der Waals surface area (Å²) in [7, 11) is -2.60. The molecule has 0 aromatic rings. The van der Waals surface area contributed by atoms with E-state index in [1.54, 1.807) is 13.8 Å². The van der Waals surface area contributed by atoms with Gasteiger partial charge in [0.15, 0.2) is 0 Å². The van der Waals surface area contributed by atoms with Gasteiger partial charge >= 0.3 is 26.5 Å². The standard InChI is InChI=1S/C32H62N4O9Si/c1-7-31(4)32(5,30(2,3)43)45-46(6,44-31)26-10-18-33-14-8-15-35(20-12-28(39)40)24-25-36(21-13-29(41)42)17-9-16-34(23-22-33)19-11-27(37)38/h43H,7-26H2,1-6H3,(H,37,38)(H,39,40)(H,41,42). The van der Waals surface area contributed by atoms with E-state index in [4.69, 9.17) is 8.85 Å². The highest BCUT2D eigenvalue weighted by Crippen LogP contribution is 2.50. The van der Waals surface area contributed by atoms with Crippen molar-refractivity contribution in [3.8, 4) is 0 Å². The number of aliphatic hydroxyl groups is 1. The van der Waals surface area contributed by atoms with Crippen LogP contribution in [0.3, 0.4) is 0 Å². The second-order valence-corrected chi connectivity index (χ2v) is 17.3. The lowest BCUT2D eigenvalue weighted by Gasteiger charge is -2.46. The number of hydrogen-bond donors (Lipinski definition) is 4. The summed E-state index contributed by atoms with van der Waals surface area (Å²) in [5, 5.41) is 39.0. The molecule has 14 heteroatoms. The quantitative estimate of drug-likeness (QED) is 0.188. The Morgan fingerprint density at radius 3 is 1.37 bits per heavy atom. The van der Waals surface area contributed by atoms with E-state index in [0.29, 0.717) is 45.8 Å². The summed E-state index contributed by atoms with van der Waals surface area (Å²) in [6.07, 6.45) is 3.38. The normalized spacial score (nSPS) is 29.0. The van der Waals surface area contributed by atoms with Crippen LogP contribution in [0.2, 0.25) is 12.6 Å². The SMILES string of the molecule is CCC1(C)O[Si](C)(CCCN2CCCN(CCC(=O)O)CCN(CCC(=O)O)CCCN(CCC(=O)O)CC2)OC1(C)C(C)(C)O. The van der Waals surface area contributed by atoms with Crippen LogP contribution in [0.15, 0.2) is 0 Å². The summed E-state index contributed by atoms with van der Waals surface area (Å²) in [4.78, 5) is 42.9. The second kappa shape index (κ2) is 18.2. The number of carboxylic acids is 3. The number of carbonyl (C=O) groups is 3. The molecule has 0 spiro atoms. The van der Waals surface area contributed by atoms with E-state index in [-0.39, 0.29) is 19.3 Å². The molecule has 3 atom stereocenters. The van der Waals surface area contributed by atoms with Crippen LogP contribution in [0.4, 0.5) is 0 Å². The molecular formula is C32H62N4O9Si. The van der Waals surface area contributed by atoms with Crippen LogP contribution in [0, 0.1) is 0 Å². The number of nitrogens with zero attached hydrogens (tertiary/aromatic N) is 4. The average molecular weight is 675 g/mol. The van der Waals surface area contributed by atoms with Crippen LogP contribution in [-0.4, -0.2) is 162 Å². The molecule has 2 saturated heterocycles. The van der Waals surface area contributed by atoms with Crippen molar-refractivity contribution in [1.29, 1.82) is 0 Å². The Balaban J connectivity index is 2.14. The summed E-state index contributed by atoms with van der Waals surface area (Å²) >= 11 is 0. The molecule has 46 heavy (non-hydrogen) atoms. The Morgan fingerprint density at radius 2 is 1.07 bits per heavy atom. The van der Waals surface area contributed by atoms with Crippen molar-refractivity contribution in [2.24, 2.45) is 0 Å². The number of carboxylic acid groups (broad SMARTS) is 3. The van der Waals surface area contributed by atoms with Gasteiger partial charge in [-0.1, -0.05) is 6.92 Å². The van der Waals surface area contributed by atoms with Crippen LogP contribution >= 0.6 is 0 Å². The van der Waals surface area contributed by atoms with Gasteiger partial charge < -0.3 is 48.9 Å². The maximum absolute atomic E-state index is 11.4. The predicted octanol–water partition coefficient (Wildman–Crippen LogP) is 2.62. The third-order valence-corrected chi connectivity index (χ3v) is 13.1. The number of hydrogen-bond acceptors (Lipinski definition) is 10. The van der Waals surface area contributed by atoms with Gasteiger partial charge in [-0.3, -0.25) is 14.4 Å². The molecule has 0 saturated carbocycles. The minimum Gasteiger partial charge on any atom is -0.481 e. The van der Waals surface area contributed by atoms with Gasteiger partial charge in [-0.05, 0) is 98.7 Å². The maximum Gasteiger partial charge on any atom is 0.336 e. The van der Waals surface area contributed by atoms with Crippen LogP contribution < -0.4 is 0 Å². The zero-order valence-corrected chi connectivity index (χ0v) is 30.3. The van der Waals surface area contributed by atoms with Crippen LogP contribution in [-0.2, 0) is 23.2 Å². The molecule has 268 valence electrons. The first-order valence-electron chi connectivity index (χ1n) is 17.1. The molecule has 0 radical (unpaired) electrons. The van der Waals surface area contributed by atoms with Crippen molar-refractivity contribution in [3.05, 3.63) is 0 Å². The molecule has 2 rings (SSSR count). The highest BCUT2D eigenvalue weighted by molar-refractivity contribution is 6.66. The zero-order chi connectivity index (χ0) is 34.6. The second-order valence-electron chi connectivity index (χ2n) is 14.1. The Morgan fingerprint density at radius 1 is 0.696 bits per heavy atom. The summed E-state index contributed by atoms with van der Waals surface area (Å²) in [6, 6.07) is 0.782. The minimum absolute atomic E-state index is 0.0412. The number of rotatable bonds is 15. The van der Waals surface area contributed by atoms with Gasteiger partial charge in [-0.2, -0.15) is 0 Å². The Kier molecular flexibility index (Phi) is 16.0. The van der Waals surface area contributed by atoms with Crippen molar-refractivity contribution in [2.45, 2.75) is 109 Å². The molecular weight excluding hydrogens is 612 g/mol. The van der Waals surface area contributed by atoms with E-state index in [9.17, 15) is 34.8 Å². The topological polar surface area (TPSA) is 164 Å². The molecule has 2 heterocycles.